The van der Waals surface area contributed by atoms with Crippen LogP contribution >= 0.6 is 0 Å². The van der Waals surface area contributed by atoms with Crippen LogP contribution in [0.2, 0.25) is 0 Å². The standard InChI is InChI=1S/C17H23NO/c19-15(10-13-6-4-5-7-13)12-18-17-11-16(17)14-8-2-1-3-9-14/h1-3,8-9,13,16-18H,4-7,10-12H2. The number of rotatable bonds is 6. The number of benzene rings is 1. The molecule has 1 aromatic rings. The number of ketones is 1. The highest BCUT2D eigenvalue weighted by atomic mass is 16.1. The first-order valence-corrected chi connectivity index (χ1v) is 7.63. The summed E-state index contributed by atoms with van der Waals surface area (Å²) in [7, 11) is 0. The van der Waals surface area contributed by atoms with Gasteiger partial charge in [0.05, 0.1) is 6.54 Å². The van der Waals surface area contributed by atoms with E-state index in [1.165, 1.54) is 37.7 Å². The molecule has 0 aromatic heterocycles. The summed E-state index contributed by atoms with van der Waals surface area (Å²) in [5.74, 6) is 1.71. The molecular weight excluding hydrogens is 234 g/mol. The summed E-state index contributed by atoms with van der Waals surface area (Å²) in [5, 5.41) is 3.43. The van der Waals surface area contributed by atoms with Gasteiger partial charge in [-0.1, -0.05) is 56.0 Å². The Morgan fingerprint density at radius 1 is 1.16 bits per heavy atom. The maximum atomic E-state index is 11.9. The highest BCUT2D eigenvalue weighted by Gasteiger charge is 2.37. The van der Waals surface area contributed by atoms with Crippen molar-refractivity contribution in [1.82, 2.24) is 5.32 Å². The van der Waals surface area contributed by atoms with Gasteiger partial charge in [0.25, 0.3) is 0 Å². The summed E-state index contributed by atoms with van der Waals surface area (Å²) >= 11 is 0. The minimum Gasteiger partial charge on any atom is -0.307 e. The third kappa shape index (κ3) is 3.44. The number of nitrogens with one attached hydrogen (secondary N) is 1. The van der Waals surface area contributed by atoms with E-state index in [0.717, 1.165) is 6.42 Å². The molecule has 2 heteroatoms. The van der Waals surface area contributed by atoms with Gasteiger partial charge in [-0.3, -0.25) is 4.79 Å². The molecule has 102 valence electrons. The summed E-state index contributed by atoms with van der Waals surface area (Å²) in [6.07, 6.45) is 7.16. The average molecular weight is 257 g/mol. The van der Waals surface area contributed by atoms with E-state index in [0.29, 0.717) is 30.2 Å². The van der Waals surface area contributed by atoms with Crippen LogP contribution in [0.25, 0.3) is 0 Å². The van der Waals surface area contributed by atoms with Crippen LogP contribution in [0, 0.1) is 5.92 Å². The maximum Gasteiger partial charge on any atom is 0.146 e. The van der Waals surface area contributed by atoms with Gasteiger partial charge < -0.3 is 5.32 Å². The van der Waals surface area contributed by atoms with Crippen LogP contribution in [0.15, 0.2) is 30.3 Å². The molecule has 1 N–H and O–H groups in total. The van der Waals surface area contributed by atoms with Crippen LogP contribution in [0.3, 0.4) is 0 Å². The van der Waals surface area contributed by atoms with E-state index in [9.17, 15) is 4.79 Å². The molecule has 2 saturated carbocycles. The Kier molecular flexibility index (Phi) is 3.97. The van der Waals surface area contributed by atoms with E-state index in [4.69, 9.17) is 0 Å². The van der Waals surface area contributed by atoms with Crippen molar-refractivity contribution in [1.29, 1.82) is 0 Å². The van der Waals surface area contributed by atoms with Gasteiger partial charge in [0.2, 0.25) is 0 Å². The highest BCUT2D eigenvalue weighted by Crippen LogP contribution is 2.40. The van der Waals surface area contributed by atoms with E-state index in [1.807, 2.05) is 0 Å². The Balaban J connectivity index is 1.38. The number of hydrogen-bond acceptors (Lipinski definition) is 2. The largest absolute Gasteiger partial charge is 0.307 e. The maximum absolute atomic E-state index is 11.9. The molecule has 0 bridgehead atoms. The summed E-state index contributed by atoms with van der Waals surface area (Å²) < 4.78 is 0. The van der Waals surface area contributed by atoms with Gasteiger partial charge in [0, 0.05) is 18.4 Å². The molecule has 2 aliphatic rings. The zero-order valence-corrected chi connectivity index (χ0v) is 11.5. The molecular formula is C17H23NO. The second-order valence-corrected chi connectivity index (χ2v) is 6.13. The molecule has 0 heterocycles. The number of carbonyl (C=O) groups is 1. The zero-order valence-electron chi connectivity index (χ0n) is 11.5. The fourth-order valence-electron chi connectivity index (χ4n) is 3.34. The SMILES string of the molecule is O=C(CNC1CC1c1ccccc1)CC1CCCC1. The fraction of sp³-hybridized carbons (Fsp3) is 0.588. The molecule has 2 nitrogen and oxygen atoms in total. The summed E-state index contributed by atoms with van der Waals surface area (Å²) in [5.41, 5.74) is 1.41. The molecule has 2 unspecified atom stereocenters. The summed E-state index contributed by atoms with van der Waals surface area (Å²) in [4.78, 5) is 11.9. The van der Waals surface area contributed by atoms with E-state index in [2.05, 4.69) is 35.6 Å². The highest BCUT2D eigenvalue weighted by molar-refractivity contribution is 5.80. The van der Waals surface area contributed by atoms with E-state index in [-0.39, 0.29) is 0 Å². The Hall–Kier alpha value is -1.15. The lowest BCUT2D eigenvalue weighted by Gasteiger charge is -2.08. The first kappa shape index (κ1) is 12.9. The third-order valence-electron chi connectivity index (χ3n) is 4.57. The van der Waals surface area contributed by atoms with Gasteiger partial charge in [-0.25, -0.2) is 0 Å². The smallest absolute Gasteiger partial charge is 0.146 e. The van der Waals surface area contributed by atoms with Crippen molar-refractivity contribution in [3.05, 3.63) is 35.9 Å². The van der Waals surface area contributed by atoms with Gasteiger partial charge in [0.1, 0.15) is 5.78 Å². The number of Topliss-reactive ketones (excluding diaryl/α,β-unsaturated/α-hetero) is 1. The average Bonchev–Trinajstić information content (AvgIpc) is 3.05. The Morgan fingerprint density at radius 2 is 1.89 bits per heavy atom. The molecule has 2 atom stereocenters. The molecule has 0 radical (unpaired) electrons. The Labute approximate surface area is 115 Å². The van der Waals surface area contributed by atoms with Crippen molar-refractivity contribution >= 4 is 5.78 Å². The van der Waals surface area contributed by atoms with Gasteiger partial charge >= 0.3 is 0 Å². The van der Waals surface area contributed by atoms with Crippen LogP contribution in [-0.2, 0) is 4.79 Å². The van der Waals surface area contributed by atoms with Crippen molar-refractivity contribution in [2.75, 3.05) is 6.54 Å². The van der Waals surface area contributed by atoms with Crippen LogP contribution in [0.4, 0.5) is 0 Å². The molecule has 2 fully saturated rings. The number of hydrogen-bond donors (Lipinski definition) is 1. The topological polar surface area (TPSA) is 29.1 Å². The molecule has 19 heavy (non-hydrogen) atoms. The lowest BCUT2D eigenvalue weighted by atomic mass is 10.0. The van der Waals surface area contributed by atoms with Gasteiger partial charge in [-0.15, -0.1) is 0 Å². The zero-order chi connectivity index (χ0) is 13.1. The van der Waals surface area contributed by atoms with E-state index < -0.39 is 0 Å². The van der Waals surface area contributed by atoms with E-state index in [1.54, 1.807) is 0 Å². The Bertz CT molecular complexity index is 422. The summed E-state index contributed by atoms with van der Waals surface area (Å²) in [6.45, 7) is 0.574. The molecule has 0 amide bonds. The minimum absolute atomic E-state index is 0.408. The lowest BCUT2D eigenvalue weighted by molar-refractivity contribution is -0.119. The second-order valence-electron chi connectivity index (χ2n) is 6.13. The van der Waals surface area contributed by atoms with Crippen LogP contribution in [0.1, 0.15) is 50.0 Å². The molecule has 1 aromatic carbocycles. The van der Waals surface area contributed by atoms with Crippen molar-refractivity contribution in [3.63, 3.8) is 0 Å². The first-order chi connectivity index (χ1) is 9.33. The molecule has 0 aliphatic heterocycles. The Morgan fingerprint density at radius 3 is 2.63 bits per heavy atom. The lowest BCUT2D eigenvalue weighted by Crippen LogP contribution is -2.26. The predicted molar refractivity (Wildman–Crippen MR) is 77.2 cm³/mol. The third-order valence-corrected chi connectivity index (χ3v) is 4.57. The molecule has 3 rings (SSSR count). The van der Waals surface area contributed by atoms with Crippen molar-refractivity contribution < 1.29 is 4.79 Å². The molecule has 0 saturated heterocycles. The van der Waals surface area contributed by atoms with E-state index >= 15 is 0 Å². The van der Waals surface area contributed by atoms with Crippen molar-refractivity contribution in [2.24, 2.45) is 5.92 Å². The molecule has 0 spiro atoms. The monoisotopic (exact) mass is 257 g/mol. The quantitative estimate of drug-likeness (QED) is 0.847. The molecule has 2 aliphatic carbocycles. The summed E-state index contributed by atoms with van der Waals surface area (Å²) in [6, 6.07) is 11.1. The fourth-order valence-corrected chi connectivity index (χ4v) is 3.34. The van der Waals surface area contributed by atoms with Crippen molar-refractivity contribution in [3.8, 4) is 0 Å². The second kappa shape index (κ2) is 5.87. The number of carbonyl (C=O) groups excluding carboxylic acids is 1. The predicted octanol–water partition coefficient (Wildman–Crippen LogP) is 3.28. The first-order valence-electron chi connectivity index (χ1n) is 7.63. The van der Waals surface area contributed by atoms with Crippen LogP contribution in [0.5, 0.6) is 0 Å². The minimum atomic E-state index is 0.408. The van der Waals surface area contributed by atoms with Gasteiger partial charge in [-0.2, -0.15) is 0 Å². The van der Waals surface area contributed by atoms with Gasteiger partial charge in [-0.05, 0) is 17.9 Å². The van der Waals surface area contributed by atoms with Crippen LogP contribution < -0.4 is 5.32 Å². The van der Waals surface area contributed by atoms with Gasteiger partial charge in [0.15, 0.2) is 0 Å². The van der Waals surface area contributed by atoms with Crippen molar-refractivity contribution in [2.45, 2.75) is 50.5 Å². The van der Waals surface area contributed by atoms with Crippen LogP contribution in [-0.4, -0.2) is 18.4 Å². The normalized spacial score (nSPS) is 26.5.